The molecular weight excluding hydrogens is 536 g/mol. The van der Waals surface area contributed by atoms with Crippen LogP contribution in [0, 0.1) is 5.92 Å². The van der Waals surface area contributed by atoms with Crippen LogP contribution in [-0.2, 0) is 24.7 Å². The zero-order valence-corrected chi connectivity index (χ0v) is 22.0. The first kappa shape index (κ1) is 25.8. The SMILES string of the molecule is CC(C)S(=O)(=O)c1cccc(-c2nnc(NC(=O)C3CCN(S(=O)(=O)c4ccc(Cl)s4)CC3)o2)c1. The maximum Gasteiger partial charge on any atom is 0.322 e. The van der Waals surface area contributed by atoms with E-state index in [0.717, 1.165) is 11.3 Å². The lowest BCUT2D eigenvalue weighted by Gasteiger charge is -2.29. The van der Waals surface area contributed by atoms with E-state index in [0.29, 0.717) is 22.7 Å². The Hall–Kier alpha value is -2.32. The van der Waals surface area contributed by atoms with E-state index in [9.17, 15) is 21.6 Å². The van der Waals surface area contributed by atoms with Crippen molar-refractivity contribution >= 4 is 54.7 Å². The van der Waals surface area contributed by atoms with Gasteiger partial charge in [-0.2, -0.15) is 4.31 Å². The van der Waals surface area contributed by atoms with Gasteiger partial charge in [-0.05, 0) is 57.0 Å². The molecule has 1 aliphatic rings. The number of sulfone groups is 1. The molecule has 1 saturated heterocycles. The fourth-order valence-corrected chi connectivity index (χ4v) is 7.81. The molecule has 0 bridgehead atoms. The molecular formula is C21H23ClN4O6S3. The van der Waals surface area contributed by atoms with E-state index in [4.69, 9.17) is 16.0 Å². The van der Waals surface area contributed by atoms with Crippen molar-refractivity contribution in [2.75, 3.05) is 18.4 Å². The third-order valence-electron chi connectivity index (χ3n) is 5.65. The zero-order valence-electron chi connectivity index (χ0n) is 18.8. The van der Waals surface area contributed by atoms with E-state index in [-0.39, 0.29) is 40.0 Å². The minimum absolute atomic E-state index is 0.0663. The molecule has 35 heavy (non-hydrogen) atoms. The Morgan fingerprint density at radius 3 is 2.49 bits per heavy atom. The summed E-state index contributed by atoms with van der Waals surface area (Å²) in [6.45, 7) is 3.59. The van der Waals surface area contributed by atoms with Crippen LogP contribution in [-0.4, -0.2) is 55.6 Å². The second-order valence-electron chi connectivity index (χ2n) is 8.26. The van der Waals surface area contributed by atoms with E-state index in [1.165, 1.54) is 28.6 Å². The van der Waals surface area contributed by atoms with Gasteiger partial charge in [0.1, 0.15) is 4.21 Å². The number of hydrogen-bond donors (Lipinski definition) is 1. The van der Waals surface area contributed by atoms with E-state index in [2.05, 4.69) is 15.5 Å². The van der Waals surface area contributed by atoms with Crippen molar-refractivity contribution < 1.29 is 26.0 Å². The summed E-state index contributed by atoms with van der Waals surface area (Å²) in [5.41, 5.74) is 0.409. The van der Waals surface area contributed by atoms with Gasteiger partial charge in [-0.25, -0.2) is 16.8 Å². The lowest BCUT2D eigenvalue weighted by atomic mass is 9.97. The smallest absolute Gasteiger partial charge is 0.322 e. The number of anilines is 1. The van der Waals surface area contributed by atoms with Crippen LogP contribution in [0.3, 0.4) is 0 Å². The number of benzene rings is 1. The first-order valence-corrected chi connectivity index (χ1v) is 14.9. The van der Waals surface area contributed by atoms with Crippen molar-refractivity contribution in [1.29, 1.82) is 0 Å². The van der Waals surface area contributed by atoms with Crippen molar-refractivity contribution in [3.05, 3.63) is 40.7 Å². The molecule has 0 radical (unpaired) electrons. The fourth-order valence-electron chi connectivity index (χ4n) is 3.60. The molecule has 1 amide bonds. The summed E-state index contributed by atoms with van der Waals surface area (Å²) in [5, 5.41) is 9.73. The highest BCUT2D eigenvalue weighted by molar-refractivity contribution is 7.92. The van der Waals surface area contributed by atoms with Crippen molar-refractivity contribution in [1.82, 2.24) is 14.5 Å². The number of nitrogens with zero attached hydrogens (tertiary/aromatic N) is 3. The summed E-state index contributed by atoms with van der Waals surface area (Å²) >= 11 is 6.86. The number of halogens is 1. The molecule has 1 fully saturated rings. The number of sulfonamides is 1. The minimum atomic E-state index is -3.64. The number of nitrogens with one attached hydrogen (secondary N) is 1. The van der Waals surface area contributed by atoms with E-state index in [1.807, 2.05) is 0 Å². The van der Waals surface area contributed by atoms with Crippen molar-refractivity contribution in [2.24, 2.45) is 5.92 Å². The zero-order chi connectivity index (χ0) is 25.4. The van der Waals surface area contributed by atoms with Crippen LogP contribution in [0.2, 0.25) is 4.34 Å². The highest BCUT2D eigenvalue weighted by Crippen LogP contribution is 2.31. The molecule has 188 valence electrons. The molecule has 10 nitrogen and oxygen atoms in total. The lowest BCUT2D eigenvalue weighted by Crippen LogP contribution is -2.41. The van der Waals surface area contributed by atoms with E-state index >= 15 is 0 Å². The van der Waals surface area contributed by atoms with Gasteiger partial charge in [0.15, 0.2) is 9.84 Å². The highest BCUT2D eigenvalue weighted by Gasteiger charge is 2.33. The van der Waals surface area contributed by atoms with Gasteiger partial charge in [0.25, 0.3) is 10.0 Å². The lowest BCUT2D eigenvalue weighted by molar-refractivity contribution is -0.121. The Kier molecular flexibility index (Phi) is 7.34. The van der Waals surface area contributed by atoms with Gasteiger partial charge in [-0.3, -0.25) is 10.1 Å². The van der Waals surface area contributed by atoms with Crippen LogP contribution in [0.5, 0.6) is 0 Å². The molecule has 3 aromatic rings. The van der Waals surface area contributed by atoms with Crippen LogP contribution in [0.1, 0.15) is 26.7 Å². The van der Waals surface area contributed by atoms with Crippen LogP contribution in [0.25, 0.3) is 11.5 Å². The summed E-state index contributed by atoms with van der Waals surface area (Å²) in [5.74, 6) is -0.715. The Morgan fingerprint density at radius 2 is 1.86 bits per heavy atom. The average molecular weight is 559 g/mol. The molecule has 1 N–H and O–H groups in total. The normalized spacial score (nSPS) is 16.0. The fraction of sp³-hybridized carbons (Fsp3) is 0.381. The van der Waals surface area contributed by atoms with Gasteiger partial charge >= 0.3 is 6.01 Å². The molecule has 0 atom stereocenters. The third kappa shape index (κ3) is 5.43. The maximum absolute atomic E-state index is 12.7. The standard InChI is InChI=1S/C21H23ClN4O6S3/c1-13(2)34(28,29)16-5-3-4-15(12-16)20-24-25-21(32-20)23-19(27)14-8-10-26(11-9-14)35(30,31)18-7-6-17(22)33-18/h3-7,12-14H,8-11H2,1-2H3,(H,23,25,27). The molecule has 0 saturated carbocycles. The summed E-state index contributed by atoms with van der Waals surface area (Å²) in [4.78, 5) is 12.8. The Bertz CT molecular complexity index is 1440. The predicted molar refractivity (Wildman–Crippen MR) is 131 cm³/mol. The molecule has 1 aliphatic heterocycles. The summed E-state index contributed by atoms with van der Waals surface area (Å²) in [7, 11) is -7.12. The van der Waals surface area contributed by atoms with Crippen molar-refractivity contribution in [3.8, 4) is 11.5 Å². The van der Waals surface area contributed by atoms with E-state index < -0.39 is 31.0 Å². The summed E-state index contributed by atoms with van der Waals surface area (Å²) in [6.07, 6.45) is 0.667. The van der Waals surface area contributed by atoms with Gasteiger partial charge in [-0.1, -0.05) is 22.8 Å². The van der Waals surface area contributed by atoms with Gasteiger partial charge in [-0.15, -0.1) is 16.4 Å². The topological polar surface area (TPSA) is 140 Å². The number of carbonyl (C=O) groups is 1. The number of hydrogen-bond acceptors (Lipinski definition) is 9. The quantitative estimate of drug-likeness (QED) is 0.463. The number of aromatic nitrogens is 2. The minimum Gasteiger partial charge on any atom is -0.403 e. The monoisotopic (exact) mass is 558 g/mol. The van der Waals surface area contributed by atoms with Crippen LogP contribution < -0.4 is 5.32 Å². The molecule has 14 heteroatoms. The van der Waals surface area contributed by atoms with Gasteiger partial charge in [0, 0.05) is 24.6 Å². The number of thiophene rings is 1. The number of carbonyl (C=O) groups excluding carboxylic acids is 1. The van der Waals surface area contributed by atoms with Crippen LogP contribution in [0.15, 0.2) is 49.9 Å². The summed E-state index contributed by atoms with van der Waals surface area (Å²) in [6, 6.07) is 9.06. The van der Waals surface area contributed by atoms with Crippen LogP contribution in [0.4, 0.5) is 6.01 Å². The van der Waals surface area contributed by atoms with Gasteiger partial charge in [0.2, 0.25) is 11.8 Å². The first-order valence-electron chi connectivity index (χ1n) is 10.7. The first-order chi connectivity index (χ1) is 16.5. The largest absolute Gasteiger partial charge is 0.403 e. The molecule has 2 aromatic heterocycles. The highest BCUT2D eigenvalue weighted by atomic mass is 35.5. The van der Waals surface area contributed by atoms with Gasteiger partial charge in [0.05, 0.1) is 14.5 Å². The van der Waals surface area contributed by atoms with Crippen LogP contribution >= 0.6 is 22.9 Å². The second kappa shape index (κ2) is 9.97. The average Bonchev–Trinajstić information content (AvgIpc) is 3.48. The van der Waals surface area contributed by atoms with Crippen molar-refractivity contribution in [2.45, 2.75) is 41.0 Å². The molecule has 0 aliphatic carbocycles. The molecule has 0 unspecified atom stereocenters. The predicted octanol–water partition coefficient (Wildman–Crippen LogP) is 3.67. The Morgan fingerprint density at radius 1 is 1.14 bits per heavy atom. The molecule has 0 spiro atoms. The third-order valence-corrected chi connectivity index (χ3v) is 11.4. The Labute approximate surface area is 212 Å². The van der Waals surface area contributed by atoms with Gasteiger partial charge < -0.3 is 4.42 Å². The molecule has 1 aromatic carbocycles. The Balaban J connectivity index is 1.39. The number of rotatable bonds is 7. The molecule has 4 rings (SSSR count). The second-order valence-corrected chi connectivity index (χ2v) is 14.6. The van der Waals surface area contributed by atoms with E-state index in [1.54, 1.807) is 26.0 Å². The summed E-state index contributed by atoms with van der Waals surface area (Å²) < 4.78 is 57.8. The van der Waals surface area contributed by atoms with Crippen molar-refractivity contribution in [3.63, 3.8) is 0 Å². The molecule has 3 heterocycles. The number of amides is 1. The number of piperidine rings is 1. The maximum atomic E-state index is 12.7.